The van der Waals surface area contributed by atoms with Crippen LogP contribution in [0.4, 0.5) is 11.4 Å². The quantitative estimate of drug-likeness (QED) is 0.165. The first-order valence-corrected chi connectivity index (χ1v) is 11.9. The molecular formula is C29H25N3O6. The molecule has 0 spiro atoms. The molecule has 1 aromatic heterocycles. The third-order valence-electron chi connectivity index (χ3n) is 6.71. The number of ketones is 1. The molecule has 38 heavy (non-hydrogen) atoms. The number of quaternary nitrogens is 1. The van der Waals surface area contributed by atoms with Gasteiger partial charge < -0.3 is 25.3 Å². The van der Waals surface area contributed by atoms with E-state index in [1.165, 1.54) is 29.8 Å². The number of aromatic hydroxyl groups is 2. The minimum atomic E-state index is -1.07. The highest BCUT2D eigenvalue weighted by atomic mass is 16.8. The smallest absolute Gasteiger partial charge is 0.265 e. The second-order valence-corrected chi connectivity index (χ2v) is 9.03. The molecule has 0 aliphatic heterocycles. The number of rotatable bonds is 7. The number of aromatic nitrogens is 1. The number of hydrogen-bond donors (Lipinski definition) is 5. The van der Waals surface area contributed by atoms with Crippen LogP contribution in [0.5, 0.6) is 11.5 Å². The Kier molecular flexibility index (Phi) is 6.56. The maximum Gasteiger partial charge on any atom is 0.265 e. The van der Waals surface area contributed by atoms with Gasteiger partial charge in [0.05, 0.1) is 11.6 Å². The number of aryl methyl sites for hydroxylation is 1. The second-order valence-electron chi connectivity index (χ2n) is 9.03. The summed E-state index contributed by atoms with van der Waals surface area (Å²) < 4.78 is 1.32. The number of para-hydroxylation sites is 1. The first kappa shape index (κ1) is 25.0. The number of carbonyl (C=O) groups excluding carboxylic acids is 1. The molecule has 0 aliphatic carbocycles. The Bertz CT molecular complexity index is 1730. The minimum absolute atomic E-state index is 0.0493. The van der Waals surface area contributed by atoms with Gasteiger partial charge in [0.2, 0.25) is 0 Å². The van der Waals surface area contributed by atoms with Crippen LogP contribution in [0.3, 0.4) is 0 Å². The molecule has 2 atom stereocenters. The van der Waals surface area contributed by atoms with Crippen LogP contribution in [0, 0.1) is 5.21 Å². The highest BCUT2D eigenvalue weighted by Gasteiger charge is 2.27. The van der Waals surface area contributed by atoms with Crippen LogP contribution in [0.25, 0.3) is 21.7 Å². The lowest BCUT2D eigenvalue weighted by Gasteiger charge is -2.23. The summed E-state index contributed by atoms with van der Waals surface area (Å²) in [6.07, 6.45) is -0.274. The fourth-order valence-electron chi connectivity index (χ4n) is 4.80. The molecular weight excluding hydrogens is 486 g/mol. The van der Waals surface area contributed by atoms with Gasteiger partial charge in [-0.05, 0) is 41.1 Å². The molecule has 0 amide bonds. The number of benzene rings is 4. The van der Waals surface area contributed by atoms with Gasteiger partial charge in [-0.3, -0.25) is 9.59 Å². The van der Waals surface area contributed by atoms with Gasteiger partial charge in [0.25, 0.3) is 5.56 Å². The number of pyridine rings is 1. The Morgan fingerprint density at radius 2 is 1.61 bits per heavy atom. The van der Waals surface area contributed by atoms with E-state index in [1.54, 1.807) is 42.5 Å². The maximum absolute atomic E-state index is 13.7. The minimum Gasteiger partial charge on any atom is -0.595 e. The molecule has 2 unspecified atom stereocenters. The van der Waals surface area contributed by atoms with E-state index in [9.17, 15) is 30.2 Å². The predicted molar refractivity (Wildman–Crippen MR) is 144 cm³/mol. The monoisotopic (exact) mass is 511 g/mol. The largest absolute Gasteiger partial charge is 0.595 e. The molecule has 0 saturated heterocycles. The van der Waals surface area contributed by atoms with Gasteiger partial charge in [0.1, 0.15) is 17.1 Å². The Labute approximate surface area is 217 Å². The van der Waals surface area contributed by atoms with E-state index >= 15 is 0 Å². The van der Waals surface area contributed by atoms with Gasteiger partial charge in [-0.25, -0.2) is 5.21 Å². The van der Waals surface area contributed by atoms with Crippen molar-refractivity contribution in [2.24, 2.45) is 7.05 Å². The van der Waals surface area contributed by atoms with Crippen LogP contribution >= 0.6 is 0 Å². The molecule has 0 aliphatic rings. The van der Waals surface area contributed by atoms with Crippen molar-refractivity contribution < 1.29 is 25.4 Å². The Morgan fingerprint density at radius 3 is 2.32 bits per heavy atom. The maximum atomic E-state index is 13.7. The Hall–Kier alpha value is -4.70. The van der Waals surface area contributed by atoms with Crippen molar-refractivity contribution in [3.05, 3.63) is 112 Å². The fourth-order valence-corrected chi connectivity index (χ4v) is 4.80. The summed E-state index contributed by atoms with van der Waals surface area (Å²) in [6.45, 7) is 0. The van der Waals surface area contributed by atoms with Crippen LogP contribution in [0.15, 0.2) is 89.7 Å². The molecule has 5 aromatic rings. The molecule has 0 bridgehead atoms. The predicted octanol–water partition coefficient (Wildman–Crippen LogP) is 3.93. The van der Waals surface area contributed by atoms with E-state index in [4.69, 9.17) is 0 Å². The number of fused-ring (bicyclic) bond motifs is 2. The van der Waals surface area contributed by atoms with Crippen molar-refractivity contribution in [1.82, 2.24) is 4.57 Å². The van der Waals surface area contributed by atoms with Crippen LogP contribution in [0.1, 0.15) is 28.4 Å². The van der Waals surface area contributed by atoms with Crippen molar-refractivity contribution in [2.45, 2.75) is 12.5 Å². The average Bonchev–Trinajstić information content (AvgIpc) is 2.92. The van der Waals surface area contributed by atoms with E-state index in [0.717, 1.165) is 5.39 Å². The zero-order valence-corrected chi connectivity index (χ0v) is 20.4. The van der Waals surface area contributed by atoms with Gasteiger partial charge in [-0.1, -0.05) is 42.5 Å². The standard InChI is InChI=1S/C29H25N3O6/c1-31-23-9-5-4-8-21(23)28(35)27(29(31)36)25(34)16-22(30-18-11-13-19(14-12-18)32(37)38)26-20-7-3-2-6-17(20)10-15-24(26)33/h2-15,22,30,32-33,35,37H,16H2,1H3. The van der Waals surface area contributed by atoms with Gasteiger partial charge in [0, 0.05) is 42.2 Å². The molecule has 9 heteroatoms. The number of carbonyl (C=O) groups is 1. The van der Waals surface area contributed by atoms with Gasteiger partial charge >= 0.3 is 0 Å². The topological polar surface area (TPSA) is 139 Å². The lowest BCUT2D eigenvalue weighted by Crippen LogP contribution is -2.99. The summed E-state index contributed by atoms with van der Waals surface area (Å²) in [4.78, 5) is 26.8. The third kappa shape index (κ3) is 4.46. The van der Waals surface area contributed by atoms with Crippen LogP contribution in [-0.4, -0.2) is 25.8 Å². The first-order valence-electron chi connectivity index (χ1n) is 11.9. The average molecular weight is 512 g/mol. The summed E-state index contributed by atoms with van der Waals surface area (Å²) in [5, 5.41) is 46.4. The number of nitrogens with one attached hydrogen (secondary N) is 2. The number of phenolic OH excluding ortho intramolecular Hbond substituents is 1. The lowest BCUT2D eigenvalue weighted by molar-refractivity contribution is -0.991. The summed E-state index contributed by atoms with van der Waals surface area (Å²) >= 11 is 0. The van der Waals surface area contributed by atoms with Crippen molar-refractivity contribution >= 4 is 38.8 Å². The zero-order chi connectivity index (χ0) is 27.0. The second kappa shape index (κ2) is 9.98. The van der Waals surface area contributed by atoms with Crippen molar-refractivity contribution in [3.63, 3.8) is 0 Å². The molecule has 0 saturated carbocycles. The SMILES string of the molecule is Cn1c(=O)c(C(=O)CC(Nc2ccc([NH+]([O-])O)cc2)c2c(O)ccc3ccccc23)c(O)c2ccccc21. The van der Waals surface area contributed by atoms with Crippen LogP contribution in [-0.2, 0) is 7.05 Å². The van der Waals surface area contributed by atoms with Crippen LogP contribution < -0.4 is 16.1 Å². The highest BCUT2D eigenvalue weighted by Crippen LogP contribution is 2.37. The summed E-state index contributed by atoms with van der Waals surface area (Å²) in [5.74, 6) is -1.05. The zero-order valence-electron chi connectivity index (χ0n) is 20.4. The molecule has 4 aromatic carbocycles. The number of anilines is 1. The molecule has 0 radical (unpaired) electrons. The normalized spacial score (nSPS) is 12.9. The Morgan fingerprint density at radius 1 is 0.947 bits per heavy atom. The summed E-state index contributed by atoms with van der Waals surface area (Å²) in [5.41, 5.74) is 0.579. The summed E-state index contributed by atoms with van der Waals surface area (Å²) in [6, 6.07) is 22.6. The van der Waals surface area contributed by atoms with E-state index in [1.807, 2.05) is 24.3 Å². The number of nitrogens with zero attached hydrogens (tertiary/aromatic N) is 1. The molecule has 192 valence electrons. The van der Waals surface area contributed by atoms with Gasteiger partial charge in [-0.2, -0.15) is 5.23 Å². The van der Waals surface area contributed by atoms with Crippen molar-refractivity contribution in [3.8, 4) is 11.5 Å². The highest BCUT2D eigenvalue weighted by molar-refractivity contribution is 6.04. The molecule has 1 heterocycles. The Balaban J connectivity index is 1.62. The van der Waals surface area contributed by atoms with Crippen LogP contribution in [0.2, 0.25) is 0 Å². The molecule has 9 nitrogen and oxygen atoms in total. The molecule has 0 fully saturated rings. The number of phenols is 1. The summed E-state index contributed by atoms with van der Waals surface area (Å²) in [7, 11) is 1.54. The third-order valence-corrected chi connectivity index (χ3v) is 6.71. The molecule has 5 N–H and O–H groups in total. The number of Topliss-reactive ketones (excluding diaryl/α,β-unsaturated/α-hetero) is 1. The van der Waals surface area contributed by atoms with Crippen molar-refractivity contribution in [2.75, 3.05) is 5.32 Å². The van der Waals surface area contributed by atoms with E-state index in [0.29, 0.717) is 27.5 Å². The first-order chi connectivity index (χ1) is 18.3. The lowest BCUT2D eigenvalue weighted by atomic mass is 9.92. The van der Waals surface area contributed by atoms with E-state index in [-0.39, 0.29) is 29.2 Å². The van der Waals surface area contributed by atoms with Crippen molar-refractivity contribution in [1.29, 1.82) is 0 Å². The van der Waals surface area contributed by atoms with E-state index in [2.05, 4.69) is 5.32 Å². The fraction of sp³-hybridized carbons (Fsp3) is 0.103. The number of hydrogen-bond acceptors (Lipinski definition) is 7. The molecule has 5 rings (SSSR count). The van der Waals surface area contributed by atoms with E-state index < -0.39 is 22.6 Å². The van der Waals surface area contributed by atoms with Gasteiger partial charge in [-0.15, -0.1) is 0 Å². The van der Waals surface area contributed by atoms with Gasteiger partial charge in [0.15, 0.2) is 11.5 Å².